The van der Waals surface area contributed by atoms with Crippen molar-refractivity contribution in [1.29, 1.82) is 0 Å². The van der Waals surface area contributed by atoms with Gasteiger partial charge in [-0.3, -0.25) is 32.5 Å². The summed E-state index contributed by atoms with van der Waals surface area (Å²) in [6.07, 6.45) is 86.0. The number of esters is 3. The van der Waals surface area contributed by atoms with Gasteiger partial charge in [-0.15, -0.1) is 0 Å². The zero-order chi connectivity index (χ0) is 70.9. The van der Waals surface area contributed by atoms with Crippen molar-refractivity contribution in [2.45, 2.75) is 296 Å². The van der Waals surface area contributed by atoms with E-state index in [0.29, 0.717) is 19.3 Å². The first kappa shape index (κ1) is 92.4. The zero-order valence-electron chi connectivity index (χ0n) is 60.2. The summed E-state index contributed by atoms with van der Waals surface area (Å²) in [4.78, 5) is 58.6. The van der Waals surface area contributed by atoms with Gasteiger partial charge in [0.1, 0.15) is 25.4 Å². The van der Waals surface area contributed by atoms with Crippen molar-refractivity contribution >= 4 is 33.6 Å². The quantitative estimate of drug-likeness (QED) is 0.0146. The lowest BCUT2D eigenvalue weighted by Gasteiger charge is -2.21. The fourth-order valence-electron chi connectivity index (χ4n) is 9.42. The maximum Gasteiger partial charge on any atom is 0.472 e. The SMILES string of the molecule is CC/C=C\C/C=C\C/C=C\C/C=C\C/C=C\C/C=C\CCCCCCC(=O)OCC(O)COP(=O)(O)OCC(O)COP(=O)(O)OCC(COC(=O)CCCCCCCCC/C=C\C/C=C\C/C=C\C/C=C\C/C=C\CC)OC(=O)CCCCCCC/C=C\CCCCCCCC. The molecule has 97 heavy (non-hydrogen) atoms. The molecule has 5 atom stereocenters. The number of hydrogen-bond donors (Lipinski definition) is 4. The Morgan fingerprint density at radius 2 is 0.546 bits per heavy atom. The molecule has 0 aromatic rings. The van der Waals surface area contributed by atoms with Gasteiger partial charge in [-0.1, -0.05) is 263 Å². The Labute approximate surface area is 587 Å². The van der Waals surface area contributed by atoms with Crippen molar-refractivity contribution in [3.63, 3.8) is 0 Å². The van der Waals surface area contributed by atoms with Gasteiger partial charge in [-0.05, 0) is 141 Å². The molecule has 554 valence electrons. The number of carbonyl (C=O) groups is 3. The minimum Gasteiger partial charge on any atom is -0.463 e. The van der Waals surface area contributed by atoms with Gasteiger partial charge in [0, 0.05) is 19.3 Å². The number of unbranched alkanes of at least 4 members (excludes halogenated alkanes) is 22. The van der Waals surface area contributed by atoms with Gasteiger partial charge in [-0.2, -0.15) is 0 Å². The summed E-state index contributed by atoms with van der Waals surface area (Å²) in [5.74, 6) is -1.62. The number of carbonyl (C=O) groups excluding carboxylic acids is 3. The summed E-state index contributed by atoms with van der Waals surface area (Å²) in [5, 5.41) is 20.6. The molecule has 4 N–H and O–H groups in total. The van der Waals surface area contributed by atoms with Gasteiger partial charge in [0.05, 0.1) is 26.4 Å². The molecule has 5 unspecified atom stereocenters. The molecule has 0 aromatic carbocycles. The number of phosphoric acid groups is 2. The number of aliphatic hydroxyl groups excluding tert-OH is 2. The molecule has 0 aliphatic rings. The molecule has 0 aliphatic heterocycles. The lowest BCUT2D eigenvalue weighted by atomic mass is 10.1. The third kappa shape index (κ3) is 72.5. The third-order valence-corrected chi connectivity index (χ3v) is 16.9. The summed E-state index contributed by atoms with van der Waals surface area (Å²) < 4.78 is 61.0. The zero-order valence-corrected chi connectivity index (χ0v) is 62.0. The Balaban J connectivity index is 4.69. The topological polar surface area (TPSA) is 231 Å². The number of allylic oxidation sites excluding steroid dienone is 24. The summed E-state index contributed by atoms with van der Waals surface area (Å²) in [7, 11) is -9.80. The monoisotopic (exact) mass is 1400 g/mol. The van der Waals surface area contributed by atoms with Crippen LogP contribution in [-0.2, 0) is 55.8 Å². The summed E-state index contributed by atoms with van der Waals surface area (Å²) >= 11 is 0. The predicted octanol–water partition coefficient (Wildman–Crippen LogP) is 21.3. The molecule has 0 rings (SSSR count). The van der Waals surface area contributed by atoms with E-state index >= 15 is 0 Å². The van der Waals surface area contributed by atoms with Gasteiger partial charge in [0.2, 0.25) is 0 Å². The van der Waals surface area contributed by atoms with E-state index in [1.54, 1.807) is 0 Å². The fraction of sp³-hybridized carbons (Fsp3) is 0.658. The van der Waals surface area contributed by atoms with Crippen LogP contribution in [0.25, 0.3) is 0 Å². The molecule has 0 aromatic heterocycles. The smallest absolute Gasteiger partial charge is 0.463 e. The molecule has 0 saturated carbocycles. The van der Waals surface area contributed by atoms with Crippen LogP contribution in [0.15, 0.2) is 146 Å². The Kier molecular flexibility index (Phi) is 67.9. The van der Waals surface area contributed by atoms with E-state index in [0.717, 1.165) is 180 Å². The molecule has 18 heteroatoms. The molecular weight excluding hydrogens is 1270 g/mol. The van der Waals surface area contributed by atoms with Gasteiger partial charge in [0.15, 0.2) is 6.10 Å². The maximum atomic E-state index is 13.0. The first-order valence-corrected chi connectivity index (χ1v) is 40.1. The number of hydrogen-bond acceptors (Lipinski definition) is 14. The van der Waals surface area contributed by atoms with Crippen molar-refractivity contribution in [3.05, 3.63) is 146 Å². The number of phosphoric ester groups is 2. The average Bonchev–Trinajstić information content (AvgIpc) is 1.77. The van der Waals surface area contributed by atoms with E-state index in [4.69, 9.17) is 32.3 Å². The van der Waals surface area contributed by atoms with E-state index in [-0.39, 0.29) is 19.3 Å². The van der Waals surface area contributed by atoms with Crippen molar-refractivity contribution in [3.8, 4) is 0 Å². The second kappa shape index (κ2) is 71.3. The Morgan fingerprint density at radius 1 is 0.299 bits per heavy atom. The highest BCUT2D eigenvalue weighted by Gasteiger charge is 2.29. The first-order valence-electron chi connectivity index (χ1n) is 37.1. The second-order valence-electron chi connectivity index (χ2n) is 24.3. The highest BCUT2D eigenvalue weighted by atomic mass is 31.2. The number of aliphatic hydroxyl groups is 2. The van der Waals surface area contributed by atoms with Crippen molar-refractivity contribution in [1.82, 2.24) is 0 Å². The molecule has 0 saturated heterocycles. The third-order valence-electron chi connectivity index (χ3n) is 15.0. The maximum absolute atomic E-state index is 13.0. The fourth-order valence-corrected chi connectivity index (χ4v) is 11.0. The summed E-state index contributed by atoms with van der Waals surface area (Å²) in [6.45, 7) is 2.38. The largest absolute Gasteiger partial charge is 0.472 e. The second-order valence-corrected chi connectivity index (χ2v) is 27.2. The normalized spacial score (nSPS) is 14.9. The van der Waals surface area contributed by atoms with Crippen LogP contribution >= 0.6 is 15.6 Å². The van der Waals surface area contributed by atoms with Crippen molar-refractivity contribution in [2.75, 3.05) is 39.6 Å². The van der Waals surface area contributed by atoms with Crippen LogP contribution < -0.4 is 0 Å². The Morgan fingerprint density at radius 3 is 0.876 bits per heavy atom. The lowest BCUT2D eigenvalue weighted by Crippen LogP contribution is -2.30. The van der Waals surface area contributed by atoms with Crippen LogP contribution in [0.3, 0.4) is 0 Å². The lowest BCUT2D eigenvalue weighted by molar-refractivity contribution is -0.161. The van der Waals surface area contributed by atoms with Crippen LogP contribution in [-0.4, -0.2) is 95.9 Å². The predicted molar refractivity (Wildman–Crippen MR) is 399 cm³/mol. The molecule has 16 nitrogen and oxygen atoms in total. The summed E-state index contributed by atoms with van der Waals surface area (Å²) in [5.41, 5.74) is 0. The molecule has 0 heterocycles. The molecule has 0 spiro atoms. The highest BCUT2D eigenvalue weighted by molar-refractivity contribution is 7.47. The van der Waals surface area contributed by atoms with E-state index in [1.165, 1.54) is 38.5 Å². The minimum atomic E-state index is -4.94. The van der Waals surface area contributed by atoms with Crippen LogP contribution in [0.5, 0.6) is 0 Å². The van der Waals surface area contributed by atoms with Crippen LogP contribution in [0.1, 0.15) is 278 Å². The van der Waals surface area contributed by atoms with E-state index < -0.39 is 91.5 Å². The molecule has 0 bridgehead atoms. The molecule has 0 amide bonds. The molecule has 0 radical (unpaired) electrons. The summed E-state index contributed by atoms with van der Waals surface area (Å²) in [6, 6.07) is 0. The van der Waals surface area contributed by atoms with Crippen molar-refractivity contribution < 1.29 is 75.8 Å². The van der Waals surface area contributed by atoms with Gasteiger partial charge in [-0.25, -0.2) is 9.13 Å². The number of rotatable bonds is 69. The van der Waals surface area contributed by atoms with Crippen LogP contribution in [0.2, 0.25) is 0 Å². The molecule has 0 fully saturated rings. The highest BCUT2D eigenvalue weighted by Crippen LogP contribution is 2.45. The van der Waals surface area contributed by atoms with Gasteiger partial charge < -0.3 is 34.2 Å². The van der Waals surface area contributed by atoms with Gasteiger partial charge in [0.25, 0.3) is 0 Å². The van der Waals surface area contributed by atoms with Crippen LogP contribution in [0, 0.1) is 0 Å². The van der Waals surface area contributed by atoms with Crippen molar-refractivity contribution in [2.24, 2.45) is 0 Å². The van der Waals surface area contributed by atoms with E-state index in [9.17, 15) is 43.5 Å². The standard InChI is InChI=1S/C79H132O16P2/c1-4-7-10-13-16-19-22-25-28-30-32-34-36-38-40-42-45-47-50-53-56-59-62-65-77(82)89-68-74(80)69-91-96(85,86)92-70-75(81)71-93-97(87,88)94-73-76(95-79(84)67-64-61-58-55-52-49-44-27-24-21-18-15-12-9-6-3)72-90-78(83)66-63-60-57-54-51-48-46-43-41-39-37-35-33-31-29-26-23-20-17-14-11-8-5-2/h7-8,10-11,16-17,19-20,25-29,32-35,38-41,44-45,47,74-76,80-81H,4-6,9,12-15,18,21-24,30-31,36-37,42-43,46,48-73H2,1-3H3,(H,85,86)(H,87,88)/b10-7-,11-8-,19-16-,20-17-,28-25-,29-26-,34-32-,35-33-,40-38-,41-39-,44-27-,47-45-. The van der Waals surface area contributed by atoms with Crippen LogP contribution in [0.4, 0.5) is 0 Å². The van der Waals surface area contributed by atoms with Gasteiger partial charge >= 0.3 is 33.6 Å². The Bertz CT molecular complexity index is 2350. The molecular formula is C79H132O16P2. The Hall–Kier alpha value is -4.57. The molecule has 0 aliphatic carbocycles. The first-order chi connectivity index (χ1) is 47.2. The average molecular weight is 1400 g/mol. The van der Waals surface area contributed by atoms with E-state index in [2.05, 4.69) is 167 Å². The van der Waals surface area contributed by atoms with E-state index in [1.807, 2.05) is 0 Å². The number of ether oxygens (including phenoxy) is 3. The minimum absolute atomic E-state index is 0.0877.